The van der Waals surface area contributed by atoms with E-state index in [0.717, 1.165) is 6.42 Å². The lowest BCUT2D eigenvalue weighted by Crippen LogP contribution is -2.33. The van der Waals surface area contributed by atoms with Gasteiger partial charge in [-0.25, -0.2) is 0 Å². The molecule has 2 bridgehead atoms. The van der Waals surface area contributed by atoms with Crippen LogP contribution < -0.4 is 15.0 Å². The Bertz CT molecular complexity index is 1140. The molecule has 0 unspecified atom stereocenters. The summed E-state index contributed by atoms with van der Waals surface area (Å²) in [6, 6.07) is 11.5. The molecular formula is C24H21ClN2O4. The zero-order valence-electron chi connectivity index (χ0n) is 17.1. The lowest BCUT2D eigenvalue weighted by atomic mass is 9.82. The van der Waals surface area contributed by atoms with Gasteiger partial charge in [-0.15, -0.1) is 0 Å². The highest BCUT2D eigenvalue weighted by molar-refractivity contribution is 6.31. The first-order chi connectivity index (χ1) is 14.9. The third-order valence-corrected chi connectivity index (χ3v) is 6.91. The van der Waals surface area contributed by atoms with Crippen molar-refractivity contribution >= 4 is 40.7 Å². The summed E-state index contributed by atoms with van der Waals surface area (Å²) in [4.78, 5) is 40.1. The van der Waals surface area contributed by atoms with Gasteiger partial charge in [-0.3, -0.25) is 19.3 Å². The fourth-order valence-corrected chi connectivity index (χ4v) is 5.44. The second kappa shape index (κ2) is 7.24. The molecule has 2 aromatic rings. The number of rotatable bonds is 4. The van der Waals surface area contributed by atoms with Gasteiger partial charge in [0.1, 0.15) is 5.75 Å². The third-order valence-electron chi connectivity index (χ3n) is 6.68. The van der Waals surface area contributed by atoms with E-state index >= 15 is 0 Å². The van der Waals surface area contributed by atoms with E-state index in [2.05, 4.69) is 11.4 Å². The van der Waals surface area contributed by atoms with Crippen LogP contribution in [0.15, 0.2) is 54.1 Å². The van der Waals surface area contributed by atoms with Crippen molar-refractivity contribution < 1.29 is 19.1 Å². The molecule has 5 rings (SSSR count). The Labute approximate surface area is 184 Å². The predicted octanol–water partition coefficient (Wildman–Crippen LogP) is 4.30. The molecular weight excluding hydrogens is 416 g/mol. The van der Waals surface area contributed by atoms with Gasteiger partial charge < -0.3 is 10.1 Å². The Morgan fingerprint density at radius 3 is 2.52 bits per heavy atom. The molecule has 1 heterocycles. The average Bonchev–Trinajstić information content (AvgIpc) is 3.39. The van der Waals surface area contributed by atoms with Crippen LogP contribution in [0, 0.1) is 23.7 Å². The topological polar surface area (TPSA) is 75.7 Å². The van der Waals surface area contributed by atoms with Crippen LogP contribution in [0.4, 0.5) is 11.4 Å². The number of halogens is 1. The minimum atomic E-state index is -0.346. The summed E-state index contributed by atoms with van der Waals surface area (Å²) in [7, 11) is 1.51. The molecule has 1 aliphatic heterocycles. The SMILES string of the molecule is COc1ccc(Cl)cc1NC(=O)c1ccc(N2C(=O)[C@@H]3[C@H](C2=O)[C@H]2C=C(C)[C@H]3C2)cc1. The molecule has 31 heavy (non-hydrogen) atoms. The van der Waals surface area contributed by atoms with E-state index in [-0.39, 0.29) is 41.4 Å². The Hall–Kier alpha value is -3.12. The number of carbonyl (C=O) groups is 3. The molecule has 158 valence electrons. The van der Waals surface area contributed by atoms with Gasteiger partial charge in [0.2, 0.25) is 11.8 Å². The molecule has 2 aliphatic carbocycles. The summed E-state index contributed by atoms with van der Waals surface area (Å²) in [5.74, 6) is -0.278. The number of hydrogen-bond acceptors (Lipinski definition) is 4. The Kier molecular flexibility index (Phi) is 4.63. The van der Waals surface area contributed by atoms with Crippen LogP contribution in [0.1, 0.15) is 23.7 Å². The number of carbonyl (C=O) groups excluding carboxylic acids is 3. The summed E-state index contributed by atoms with van der Waals surface area (Å²) in [5.41, 5.74) is 2.57. The molecule has 1 N–H and O–H groups in total. The Balaban J connectivity index is 1.35. The van der Waals surface area contributed by atoms with Crippen molar-refractivity contribution in [2.24, 2.45) is 23.7 Å². The first kappa shape index (κ1) is 19.8. The maximum absolute atomic E-state index is 13.1. The quantitative estimate of drug-likeness (QED) is 0.572. The summed E-state index contributed by atoms with van der Waals surface area (Å²) in [5, 5.41) is 3.25. The van der Waals surface area contributed by atoms with Crippen LogP contribution in [0.25, 0.3) is 0 Å². The molecule has 1 saturated carbocycles. The van der Waals surface area contributed by atoms with Crippen LogP contribution in [0.2, 0.25) is 5.02 Å². The molecule has 7 heteroatoms. The Morgan fingerprint density at radius 2 is 1.81 bits per heavy atom. The van der Waals surface area contributed by atoms with Gasteiger partial charge in [-0.2, -0.15) is 0 Å². The van der Waals surface area contributed by atoms with Crippen molar-refractivity contribution in [3.05, 3.63) is 64.7 Å². The van der Waals surface area contributed by atoms with Crippen LogP contribution in [-0.4, -0.2) is 24.8 Å². The highest BCUT2D eigenvalue weighted by Gasteiger charge is 2.60. The van der Waals surface area contributed by atoms with Crippen molar-refractivity contribution in [3.8, 4) is 5.75 Å². The molecule has 4 atom stereocenters. The van der Waals surface area contributed by atoms with Crippen molar-refractivity contribution in [1.29, 1.82) is 0 Å². The molecule has 0 radical (unpaired) electrons. The summed E-state index contributed by atoms with van der Waals surface area (Å²) in [6.45, 7) is 2.05. The van der Waals surface area contributed by atoms with Gasteiger partial charge in [-0.05, 0) is 67.6 Å². The highest BCUT2D eigenvalue weighted by atomic mass is 35.5. The number of nitrogens with one attached hydrogen (secondary N) is 1. The summed E-state index contributed by atoms with van der Waals surface area (Å²) < 4.78 is 5.25. The number of anilines is 2. The molecule has 0 spiro atoms. The lowest BCUT2D eigenvalue weighted by molar-refractivity contribution is -0.123. The zero-order chi connectivity index (χ0) is 21.9. The van der Waals surface area contributed by atoms with E-state index < -0.39 is 0 Å². The van der Waals surface area contributed by atoms with Crippen LogP contribution in [0.5, 0.6) is 5.75 Å². The maximum atomic E-state index is 13.1. The summed E-state index contributed by atoms with van der Waals surface area (Å²) in [6.07, 6.45) is 3.05. The number of amides is 3. The van der Waals surface area contributed by atoms with Crippen molar-refractivity contribution in [1.82, 2.24) is 0 Å². The van der Waals surface area contributed by atoms with E-state index in [4.69, 9.17) is 16.3 Å². The van der Waals surface area contributed by atoms with Gasteiger partial charge in [-0.1, -0.05) is 23.3 Å². The van der Waals surface area contributed by atoms with Gasteiger partial charge in [0.15, 0.2) is 0 Å². The standard InChI is InChI=1S/C24H21ClN2O4/c1-12-9-14-10-17(12)21-20(14)23(29)27(24(21)30)16-6-3-13(4-7-16)22(28)26-18-11-15(25)5-8-19(18)31-2/h3-9,11,14,17,20-21H,10H2,1-2H3,(H,26,28)/t14-,17+,20+,21-/m0/s1. The number of allylic oxidation sites excluding steroid dienone is 2. The van der Waals surface area contributed by atoms with Crippen LogP contribution >= 0.6 is 11.6 Å². The third kappa shape index (κ3) is 3.05. The van der Waals surface area contributed by atoms with E-state index in [1.54, 1.807) is 42.5 Å². The second-order valence-corrected chi connectivity index (χ2v) is 8.76. The number of fused-ring (bicyclic) bond motifs is 5. The minimum Gasteiger partial charge on any atom is -0.495 e. The van der Waals surface area contributed by atoms with E-state index in [1.165, 1.54) is 17.6 Å². The molecule has 3 aliphatic rings. The molecule has 0 aromatic heterocycles. The molecule has 1 saturated heterocycles. The molecule has 3 amide bonds. The maximum Gasteiger partial charge on any atom is 0.255 e. The molecule has 6 nitrogen and oxygen atoms in total. The second-order valence-electron chi connectivity index (χ2n) is 8.33. The van der Waals surface area contributed by atoms with Gasteiger partial charge in [0, 0.05) is 10.6 Å². The fraction of sp³-hybridized carbons (Fsp3) is 0.292. The molecule has 2 aromatic carbocycles. The lowest BCUT2D eigenvalue weighted by Gasteiger charge is -2.19. The number of methoxy groups -OCH3 is 1. The van der Waals surface area contributed by atoms with Crippen molar-refractivity contribution in [2.45, 2.75) is 13.3 Å². The normalized spacial score (nSPS) is 26.2. The first-order valence-corrected chi connectivity index (χ1v) is 10.6. The fourth-order valence-electron chi connectivity index (χ4n) is 5.26. The Morgan fingerprint density at radius 1 is 1.10 bits per heavy atom. The largest absolute Gasteiger partial charge is 0.495 e. The summed E-state index contributed by atoms with van der Waals surface area (Å²) >= 11 is 6.02. The highest BCUT2D eigenvalue weighted by Crippen LogP contribution is 2.55. The first-order valence-electron chi connectivity index (χ1n) is 10.2. The van der Waals surface area contributed by atoms with Crippen LogP contribution in [-0.2, 0) is 9.59 Å². The smallest absolute Gasteiger partial charge is 0.255 e. The van der Waals surface area contributed by atoms with Gasteiger partial charge in [0.25, 0.3) is 5.91 Å². The van der Waals surface area contributed by atoms with Gasteiger partial charge in [0.05, 0.1) is 30.3 Å². The van der Waals surface area contributed by atoms with E-state index in [9.17, 15) is 14.4 Å². The number of ether oxygens (including phenoxy) is 1. The monoisotopic (exact) mass is 436 g/mol. The van der Waals surface area contributed by atoms with Crippen LogP contribution in [0.3, 0.4) is 0 Å². The predicted molar refractivity (Wildman–Crippen MR) is 117 cm³/mol. The number of imide groups is 1. The number of nitrogens with zero attached hydrogens (tertiary/aromatic N) is 1. The zero-order valence-corrected chi connectivity index (χ0v) is 17.8. The molecule has 2 fully saturated rings. The van der Waals surface area contributed by atoms with Crippen molar-refractivity contribution in [3.63, 3.8) is 0 Å². The number of benzene rings is 2. The minimum absolute atomic E-state index is 0.129. The average molecular weight is 437 g/mol. The number of hydrogen-bond donors (Lipinski definition) is 1. The van der Waals surface area contributed by atoms with Gasteiger partial charge >= 0.3 is 0 Å². The van der Waals surface area contributed by atoms with Crippen molar-refractivity contribution in [2.75, 3.05) is 17.3 Å². The van der Waals surface area contributed by atoms with E-state index in [1.807, 2.05) is 6.92 Å². The van der Waals surface area contributed by atoms with E-state index in [0.29, 0.717) is 27.7 Å².